The Labute approximate surface area is 226 Å². The van der Waals surface area contributed by atoms with Gasteiger partial charge in [0, 0.05) is 31.1 Å². The molecule has 2 rings (SSSR count). The number of rotatable bonds is 15. The van der Waals surface area contributed by atoms with E-state index in [9.17, 15) is 18.0 Å². The average Bonchev–Trinajstić information content (AvgIpc) is 2.86. The molecule has 2 aromatic rings. The molecule has 0 heterocycles. The summed E-state index contributed by atoms with van der Waals surface area (Å²) in [7, 11) is -3.57. The number of amides is 2. The Morgan fingerprint density at radius 3 is 2.32 bits per heavy atom. The van der Waals surface area contributed by atoms with Crippen molar-refractivity contribution in [2.24, 2.45) is 0 Å². The second-order valence-electron chi connectivity index (χ2n) is 8.80. The summed E-state index contributed by atoms with van der Waals surface area (Å²) >= 11 is 6.33. The fraction of sp³-hybridized carbons (Fsp3) is 0.481. The van der Waals surface area contributed by atoms with Gasteiger partial charge < -0.3 is 15.0 Å². The highest BCUT2D eigenvalue weighted by Crippen LogP contribution is 2.23. The van der Waals surface area contributed by atoms with Gasteiger partial charge in [0.15, 0.2) is 0 Å². The lowest BCUT2D eigenvalue weighted by atomic mass is 10.1. The molecular formula is C27H38ClN3O5S. The summed E-state index contributed by atoms with van der Waals surface area (Å²) in [6, 6.07) is 13.3. The first-order valence-electron chi connectivity index (χ1n) is 12.6. The number of nitrogens with one attached hydrogen (secondary N) is 1. The van der Waals surface area contributed by atoms with Crippen molar-refractivity contribution in [3.05, 3.63) is 59.1 Å². The number of carbonyl (C=O) groups excluding carboxylic acids is 2. The fourth-order valence-corrected chi connectivity index (χ4v) is 4.97. The molecule has 10 heteroatoms. The predicted molar refractivity (Wildman–Crippen MR) is 148 cm³/mol. The number of unbranched alkanes of at least 4 members (excludes halogenated alkanes) is 1. The van der Waals surface area contributed by atoms with Crippen molar-refractivity contribution in [1.82, 2.24) is 10.2 Å². The molecule has 204 valence electrons. The zero-order valence-corrected chi connectivity index (χ0v) is 23.6. The van der Waals surface area contributed by atoms with E-state index in [0.717, 1.165) is 24.7 Å². The van der Waals surface area contributed by atoms with E-state index < -0.39 is 16.1 Å². The highest BCUT2D eigenvalue weighted by Gasteiger charge is 2.27. The van der Waals surface area contributed by atoms with Crippen molar-refractivity contribution >= 4 is 39.1 Å². The van der Waals surface area contributed by atoms with E-state index in [0.29, 0.717) is 29.6 Å². The van der Waals surface area contributed by atoms with Crippen LogP contribution in [0.25, 0.3) is 0 Å². The van der Waals surface area contributed by atoms with Gasteiger partial charge in [0.1, 0.15) is 11.8 Å². The maximum Gasteiger partial charge on any atom is 0.242 e. The Morgan fingerprint density at radius 1 is 1.05 bits per heavy atom. The maximum atomic E-state index is 13.3. The van der Waals surface area contributed by atoms with Gasteiger partial charge >= 0.3 is 0 Å². The second-order valence-corrected chi connectivity index (χ2v) is 11.1. The van der Waals surface area contributed by atoms with Crippen LogP contribution < -0.4 is 14.4 Å². The van der Waals surface area contributed by atoms with Crippen molar-refractivity contribution in [3.8, 4) is 5.75 Å². The van der Waals surface area contributed by atoms with Crippen LogP contribution in [0.3, 0.4) is 0 Å². The van der Waals surface area contributed by atoms with Crippen LogP contribution in [0.5, 0.6) is 5.75 Å². The van der Waals surface area contributed by atoms with E-state index in [-0.39, 0.29) is 37.7 Å². The minimum atomic E-state index is -3.57. The van der Waals surface area contributed by atoms with Gasteiger partial charge in [0.2, 0.25) is 21.8 Å². The Morgan fingerprint density at radius 2 is 1.73 bits per heavy atom. The SMILES string of the molecule is CCCCNC(=O)C(C)N(Cc1ccccc1Cl)C(=O)CCCN(c1ccc(OCC)cc1)S(C)(=O)=O. The standard InChI is InChI=1S/C27H38ClN3O5S/c1-5-7-18-29-27(33)21(3)30(20-22-11-8-9-12-25(22)28)26(32)13-10-19-31(37(4,34)35)23-14-16-24(17-15-23)36-6-2/h8-9,11-12,14-17,21H,5-7,10,13,18-20H2,1-4H3,(H,29,33). The van der Waals surface area contributed by atoms with Crippen LogP contribution in [-0.4, -0.2) is 57.1 Å². The largest absolute Gasteiger partial charge is 0.494 e. The number of benzene rings is 2. The summed E-state index contributed by atoms with van der Waals surface area (Å²) in [5, 5.41) is 3.40. The van der Waals surface area contributed by atoms with Crippen LogP contribution >= 0.6 is 11.6 Å². The van der Waals surface area contributed by atoms with Crippen molar-refractivity contribution in [3.63, 3.8) is 0 Å². The van der Waals surface area contributed by atoms with E-state index in [2.05, 4.69) is 5.32 Å². The van der Waals surface area contributed by atoms with Gasteiger partial charge in [0.05, 0.1) is 18.6 Å². The Hall–Kier alpha value is -2.78. The lowest BCUT2D eigenvalue weighted by Crippen LogP contribution is -2.48. The number of nitrogens with zero attached hydrogens (tertiary/aromatic N) is 2. The zero-order chi connectivity index (χ0) is 27.4. The number of ether oxygens (including phenoxy) is 1. The smallest absolute Gasteiger partial charge is 0.242 e. The Kier molecular flexibility index (Phi) is 12.2. The van der Waals surface area contributed by atoms with E-state index in [1.807, 2.05) is 26.0 Å². The summed E-state index contributed by atoms with van der Waals surface area (Å²) in [6.45, 7) is 6.95. The lowest BCUT2D eigenvalue weighted by Gasteiger charge is -2.29. The Balaban J connectivity index is 2.14. The maximum absolute atomic E-state index is 13.3. The van der Waals surface area contributed by atoms with Gasteiger partial charge in [-0.15, -0.1) is 0 Å². The molecule has 8 nitrogen and oxygen atoms in total. The van der Waals surface area contributed by atoms with Gasteiger partial charge in [-0.25, -0.2) is 8.42 Å². The van der Waals surface area contributed by atoms with Crippen LogP contribution in [0, 0.1) is 0 Å². The molecule has 2 aromatic carbocycles. The average molecular weight is 552 g/mol. The van der Waals surface area contributed by atoms with Crippen molar-refractivity contribution < 1.29 is 22.7 Å². The van der Waals surface area contributed by atoms with Crippen LogP contribution in [0.15, 0.2) is 48.5 Å². The van der Waals surface area contributed by atoms with Gasteiger partial charge in [-0.05, 0) is 62.6 Å². The highest BCUT2D eigenvalue weighted by atomic mass is 35.5. The topological polar surface area (TPSA) is 96.0 Å². The van der Waals surface area contributed by atoms with E-state index >= 15 is 0 Å². The molecule has 0 fully saturated rings. The fourth-order valence-electron chi connectivity index (χ4n) is 3.81. The molecule has 0 radical (unpaired) electrons. The van der Waals surface area contributed by atoms with Gasteiger partial charge in [-0.2, -0.15) is 0 Å². The first-order valence-corrected chi connectivity index (χ1v) is 14.8. The van der Waals surface area contributed by atoms with Gasteiger partial charge in [-0.1, -0.05) is 43.1 Å². The van der Waals surface area contributed by atoms with Crippen LogP contribution in [0.4, 0.5) is 5.69 Å². The molecule has 0 aliphatic heterocycles. The predicted octanol–water partition coefficient (Wildman–Crippen LogP) is 4.62. The normalized spacial score (nSPS) is 12.0. The van der Waals surface area contributed by atoms with Crippen molar-refractivity contribution in [1.29, 1.82) is 0 Å². The number of anilines is 1. The molecule has 1 N–H and O–H groups in total. The highest BCUT2D eigenvalue weighted by molar-refractivity contribution is 7.92. The van der Waals surface area contributed by atoms with Crippen molar-refractivity contribution in [2.75, 3.05) is 30.3 Å². The van der Waals surface area contributed by atoms with Crippen LogP contribution in [0.2, 0.25) is 5.02 Å². The van der Waals surface area contributed by atoms with E-state index in [4.69, 9.17) is 16.3 Å². The summed E-state index contributed by atoms with van der Waals surface area (Å²) in [4.78, 5) is 27.6. The summed E-state index contributed by atoms with van der Waals surface area (Å²) in [6.07, 6.45) is 3.28. The van der Waals surface area contributed by atoms with Crippen molar-refractivity contribution in [2.45, 2.75) is 59.0 Å². The number of halogens is 1. The molecule has 0 aliphatic rings. The molecular weight excluding hydrogens is 514 g/mol. The molecule has 0 saturated heterocycles. The van der Waals surface area contributed by atoms with E-state index in [1.165, 1.54) is 9.21 Å². The first-order chi connectivity index (χ1) is 17.6. The van der Waals surface area contributed by atoms with Gasteiger partial charge in [-0.3, -0.25) is 13.9 Å². The molecule has 0 aromatic heterocycles. The van der Waals surface area contributed by atoms with E-state index in [1.54, 1.807) is 43.3 Å². The molecule has 0 aliphatic carbocycles. The monoisotopic (exact) mass is 551 g/mol. The molecule has 0 saturated carbocycles. The molecule has 2 amide bonds. The van der Waals surface area contributed by atoms with Crippen LogP contribution in [0.1, 0.15) is 52.0 Å². The minimum Gasteiger partial charge on any atom is -0.494 e. The van der Waals surface area contributed by atoms with Gasteiger partial charge in [0.25, 0.3) is 0 Å². The van der Waals surface area contributed by atoms with Crippen LogP contribution in [-0.2, 0) is 26.2 Å². The lowest BCUT2D eigenvalue weighted by molar-refractivity contribution is -0.140. The zero-order valence-electron chi connectivity index (χ0n) is 22.1. The third-order valence-corrected chi connectivity index (χ3v) is 7.45. The second kappa shape index (κ2) is 14.8. The third kappa shape index (κ3) is 9.55. The summed E-state index contributed by atoms with van der Waals surface area (Å²) in [5.41, 5.74) is 1.23. The summed E-state index contributed by atoms with van der Waals surface area (Å²) < 4.78 is 31.7. The molecule has 37 heavy (non-hydrogen) atoms. The molecule has 0 spiro atoms. The molecule has 1 atom stereocenters. The number of hydrogen-bond acceptors (Lipinski definition) is 5. The summed E-state index contributed by atoms with van der Waals surface area (Å²) in [5.74, 6) is 0.163. The third-order valence-electron chi connectivity index (χ3n) is 5.88. The number of carbonyl (C=O) groups is 2. The molecule has 0 bridgehead atoms. The quantitative estimate of drug-likeness (QED) is 0.326. The first kappa shape index (κ1) is 30.4. The molecule has 1 unspecified atom stereocenters. The number of sulfonamides is 1. The number of hydrogen-bond donors (Lipinski definition) is 1. The Bertz CT molecular complexity index is 1130. The minimum absolute atomic E-state index is 0.0695.